The Balaban J connectivity index is 1.72. The zero-order valence-corrected chi connectivity index (χ0v) is 12.4. The third kappa shape index (κ3) is 3.56. The van der Waals surface area contributed by atoms with Crippen LogP contribution in [0.1, 0.15) is 23.2 Å². The van der Waals surface area contributed by atoms with E-state index in [1.54, 1.807) is 18.5 Å². The van der Waals surface area contributed by atoms with Crippen LogP contribution in [-0.2, 0) is 0 Å². The van der Waals surface area contributed by atoms with Gasteiger partial charge in [-0.3, -0.25) is 0 Å². The third-order valence-corrected chi connectivity index (χ3v) is 3.86. The van der Waals surface area contributed by atoms with E-state index in [0.717, 1.165) is 25.5 Å². The third-order valence-electron chi connectivity index (χ3n) is 3.86. The molecule has 1 aromatic carbocycles. The molecule has 3 rings (SSSR count). The molecule has 120 valence electrons. The predicted octanol–water partition coefficient (Wildman–Crippen LogP) is 2.39. The summed E-state index contributed by atoms with van der Waals surface area (Å²) in [4.78, 5) is 21.1. The van der Waals surface area contributed by atoms with Crippen LogP contribution in [0.3, 0.4) is 0 Å². The fourth-order valence-electron chi connectivity index (χ4n) is 2.77. The van der Waals surface area contributed by atoms with Crippen LogP contribution < -0.4 is 10.2 Å². The molecule has 0 spiro atoms. The number of rotatable bonds is 4. The Kier molecular flexibility index (Phi) is 4.36. The highest BCUT2D eigenvalue weighted by molar-refractivity contribution is 5.88. The van der Waals surface area contributed by atoms with Crippen molar-refractivity contribution in [3.05, 3.63) is 48.0 Å². The lowest BCUT2D eigenvalue weighted by atomic mass is 10.0. The molecule has 0 aliphatic carbocycles. The van der Waals surface area contributed by atoms with Crippen molar-refractivity contribution in [2.75, 3.05) is 23.3 Å². The van der Waals surface area contributed by atoms with Gasteiger partial charge >= 0.3 is 5.97 Å². The summed E-state index contributed by atoms with van der Waals surface area (Å²) >= 11 is 0. The molecule has 0 saturated carbocycles. The minimum absolute atomic E-state index is 0.0457. The van der Waals surface area contributed by atoms with Crippen LogP contribution >= 0.6 is 0 Å². The molecule has 1 aromatic heterocycles. The van der Waals surface area contributed by atoms with Crippen molar-refractivity contribution in [2.45, 2.75) is 18.9 Å². The largest absolute Gasteiger partial charge is 0.478 e. The maximum atomic E-state index is 14.2. The second-order valence-electron chi connectivity index (χ2n) is 5.47. The van der Waals surface area contributed by atoms with Crippen molar-refractivity contribution in [3.8, 4) is 0 Å². The number of carbonyl (C=O) groups is 1. The number of aromatic carboxylic acids is 1. The van der Waals surface area contributed by atoms with Crippen molar-refractivity contribution in [1.29, 1.82) is 0 Å². The lowest BCUT2D eigenvalue weighted by Gasteiger charge is -2.35. The first-order valence-corrected chi connectivity index (χ1v) is 7.45. The van der Waals surface area contributed by atoms with Crippen LogP contribution in [0.5, 0.6) is 0 Å². The minimum Gasteiger partial charge on any atom is -0.478 e. The number of hydrogen-bond acceptors (Lipinski definition) is 5. The first kappa shape index (κ1) is 15.2. The predicted molar refractivity (Wildman–Crippen MR) is 84.2 cm³/mol. The standard InChI is InChI=1S/C16H17FN4O2/c17-13-9-11(15(22)23)4-5-14(13)21-8-1-3-12(10-21)20-16-18-6-2-7-19-16/h2,4-7,9,12H,1,3,8,10H2,(H,22,23)(H,18,19,20)/t12-/m1/s1. The fraction of sp³-hybridized carbons (Fsp3) is 0.312. The van der Waals surface area contributed by atoms with E-state index in [2.05, 4.69) is 15.3 Å². The summed E-state index contributed by atoms with van der Waals surface area (Å²) in [6.07, 6.45) is 5.19. The van der Waals surface area contributed by atoms with Gasteiger partial charge in [-0.15, -0.1) is 0 Å². The van der Waals surface area contributed by atoms with E-state index in [0.29, 0.717) is 18.2 Å². The smallest absolute Gasteiger partial charge is 0.335 e. The van der Waals surface area contributed by atoms with Gasteiger partial charge in [0, 0.05) is 31.5 Å². The molecule has 1 atom stereocenters. The van der Waals surface area contributed by atoms with Gasteiger partial charge in [0.05, 0.1) is 11.3 Å². The van der Waals surface area contributed by atoms with Crippen molar-refractivity contribution in [2.24, 2.45) is 0 Å². The van der Waals surface area contributed by atoms with Crippen LogP contribution in [0.15, 0.2) is 36.7 Å². The van der Waals surface area contributed by atoms with Gasteiger partial charge in [0.2, 0.25) is 5.95 Å². The van der Waals surface area contributed by atoms with Crippen molar-refractivity contribution < 1.29 is 14.3 Å². The second kappa shape index (κ2) is 6.60. The fourth-order valence-corrected chi connectivity index (χ4v) is 2.77. The molecule has 0 bridgehead atoms. The van der Waals surface area contributed by atoms with Gasteiger partial charge in [-0.05, 0) is 37.1 Å². The summed E-state index contributed by atoms with van der Waals surface area (Å²) in [5.74, 6) is -1.09. The lowest BCUT2D eigenvalue weighted by molar-refractivity contribution is 0.0696. The Morgan fingerprint density at radius 2 is 2.13 bits per heavy atom. The quantitative estimate of drug-likeness (QED) is 0.902. The molecule has 7 heteroatoms. The van der Waals surface area contributed by atoms with E-state index in [-0.39, 0.29) is 11.6 Å². The molecule has 2 aromatic rings. The number of halogens is 1. The van der Waals surface area contributed by atoms with Gasteiger partial charge in [0.25, 0.3) is 0 Å². The minimum atomic E-state index is -1.13. The number of aromatic nitrogens is 2. The van der Waals surface area contributed by atoms with Gasteiger partial charge in [-0.25, -0.2) is 19.2 Å². The number of carboxylic acids is 1. The average Bonchev–Trinajstić information content (AvgIpc) is 2.56. The highest BCUT2D eigenvalue weighted by Gasteiger charge is 2.23. The lowest BCUT2D eigenvalue weighted by Crippen LogP contribution is -2.42. The van der Waals surface area contributed by atoms with Crippen LogP contribution in [0, 0.1) is 5.82 Å². The zero-order chi connectivity index (χ0) is 16.2. The summed E-state index contributed by atoms with van der Waals surface area (Å²) in [6.45, 7) is 1.35. The molecule has 1 aliphatic rings. The SMILES string of the molecule is O=C(O)c1ccc(N2CCC[C@@H](Nc3ncccn3)C2)c(F)c1. The van der Waals surface area contributed by atoms with Gasteiger partial charge in [0.15, 0.2) is 0 Å². The Morgan fingerprint density at radius 1 is 1.35 bits per heavy atom. The Hall–Kier alpha value is -2.70. The Labute approximate surface area is 133 Å². The summed E-state index contributed by atoms with van der Waals surface area (Å²) in [7, 11) is 0. The zero-order valence-electron chi connectivity index (χ0n) is 12.4. The van der Waals surface area contributed by atoms with E-state index in [9.17, 15) is 9.18 Å². The molecule has 6 nitrogen and oxygen atoms in total. The van der Waals surface area contributed by atoms with E-state index < -0.39 is 11.8 Å². The van der Waals surface area contributed by atoms with E-state index in [1.807, 2.05) is 4.90 Å². The van der Waals surface area contributed by atoms with Crippen LogP contribution in [0.25, 0.3) is 0 Å². The number of benzene rings is 1. The average molecular weight is 316 g/mol. The number of anilines is 2. The number of hydrogen-bond donors (Lipinski definition) is 2. The maximum absolute atomic E-state index is 14.2. The molecule has 2 N–H and O–H groups in total. The first-order valence-electron chi connectivity index (χ1n) is 7.45. The van der Waals surface area contributed by atoms with Crippen LogP contribution in [0.4, 0.5) is 16.0 Å². The highest BCUT2D eigenvalue weighted by Crippen LogP contribution is 2.25. The Morgan fingerprint density at radius 3 is 2.83 bits per heavy atom. The first-order chi connectivity index (χ1) is 11.1. The molecule has 2 heterocycles. The summed E-state index contributed by atoms with van der Waals surface area (Å²) < 4.78 is 14.2. The van der Waals surface area contributed by atoms with E-state index in [1.165, 1.54) is 12.1 Å². The van der Waals surface area contributed by atoms with Gasteiger partial charge in [-0.2, -0.15) is 0 Å². The van der Waals surface area contributed by atoms with Crippen LogP contribution in [0.2, 0.25) is 0 Å². The van der Waals surface area contributed by atoms with Crippen LogP contribution in [-0.4, -0.2) is 40.2 Å². The molecule has 1 saturated heterocycles. The monoisotopic (exact) mass is 316 g/mol. The highest BCUT2D eigenvalue weighted by atomic mass is 19.1. The molecule has 0 unspecified atom stereocenters. The van der Waals surface area contributed by atoms with Crippen molar-refractivity contribution in [1.82, 2.24) is 9.97 Å². The normalized spacial score (nSPS) is 17.8. The molecule has 1 fully saturated rings. The van der Waals surface area contributed by atoms with Gasteiger partial charge < -0.3 is 15.3 Å². The number of nitrogens with one attached hydrogen (secondary N) is 1. The van der Waals surface area contributed by atoms with Gasteiger partial charge in [-0.1, -0.05) is 0 Å². The molecule has 23 heavy (non-hydrogen) atoms. The number of nitrogens with zero attached hydrogens (tertiary/aromatic N) is 3. The topological polar surface area (TPSA) is 78.4 Å². The molecular weight excluding hydrogens is 299 g/mol. The summed E-state index contributed by atoms with van der Waals surface area (Å²) in [6, 6.07) is 5.88. The van der Waals surface area contributed by atoms with E-state index in [4.69, 9.17) is 5.11 Å². The Bertz CT molecular complexity index is 696. The van der Waals surface area contributed by atoms with Crippen molar-refractivity contribution >= 4 is 17.6 Å². The van der Waals surface area contributed by atoms with E-state index >= 15 is 0 Å². The molecule has 0 amide bonds. The number of piperidine rings is 1. The second-order valence-corrected chi connectivity index (χ2v) is 5.47. The molecule has 0 radical (unpaired) electrons. The molecular formula is C16H17FN4O2. The summed E-state index contributed by atoms with van der Waals surface area (Å²) in [5.41, 5.74) is 0.381. The maximum Gasteiger partial charge on any atom is 0.335 e. The summed E-state index contributed by atoms with van der Waals surface area (Å²) in [5, 5.41) is 12.2. The molecule has 1 aliphatic heterocycles. The van der Waals surface area contributed by atoms with Crippen molar-refractivity contribution in [3.63, 3.8) is 0 Å². The van der Waals surface area contributed by atoms with Gasteiger partial charge in [0.1, 0.15) is 5.82 Å². The number of carboxylic acid groups (broad SMARTS) is 1.